The summed E-state index contributed by atoms with van der Waals surface area (Å²) in [6.45, 7) is 11.9. The van der Waals surface area contributed by atoms with Gasteiger partial charge in [-0.05, 0) is 56.4 Å². The highest BCUT2D eigenvalue weighted by atomic mass is 32.1. The van der Waals surface area contributed by atoms with Gasteiger partial charge in [-0.1, -0.05) is 27.7 Å². The minimum absolute atomic E-state index is 0.319. The lowest BCUT2D eigenvalue weighted by molar-refractivity contribution is 0.273. The summed E-state index contributed by atoms with van der Waals surface area (Å²) in [6, 6.07) is 0. The highest BCUT2D eigenvalue weighted by Gasteiger charge is 2.45. The lowest BCUT2D eigenvalue weighted by Crippen LogP contribution is -2.35. The first-order valence-electron chi connectivity index (χ1n) is 9.71. The van der Waals surface area contributed by atoms with E-state index >= 15 is 0 Å². The Labute approximate surface area is 152 Å². The molecule has 1 aromatic rings. The Bertz CT molecular complexity index is 537. The molecule has 1 aliphatic heterocycles. The van der Waals surface area contributed by atoms with Crippen molar-refractivity contribution in [2.24, 2.45) is 17.3 Å². The molecule has 2 fully saturated rings. The van der Waals surface area contributed by atoms with Crippen LogP contribution < -0.4 is 10.2 Å². The summed E-state index contributed by atoms with van der Waals surface area (Å²) in [5.41, 5.74) is 0.738. The van der Waals surface area contributed by atoms with Crippen LogP contribution in [0.5, 0.6) is 0 Å². The number of rotatable bonds is 7. The molecular weight excluding hydrogens is 314 g/mol. The van der Waals surface area contributed by atoms with E-state index in [1.165, 1.54) is 56.0 Å². The third kappa shape index (κ3) is 4.32. The molecule has 2 heterocycles. The van der Waals surface area contributed by atoms with Gasteiger partial charge >= 0.3 is 0 Å². The molecule has 1 N–H and O–H groups in total. The average molecular weight is 350 g/mol. The number of piperidine rings is 1. The van der Waals surface area contributed by atoms with Crippen molar-refractivity contribution in [1.29, 1.82) is 0 Å². The van der Waals surface area contributed by atoms with Gasteiger partial charge in [-0.3, -0.25) is 0 Å². The van der Waals surface area contributed by atoms with Gasteiger partial charge in [0.1, 0.15) is 5.82 Å². The van der Waals surface area contributed by atoms with Crippen molar-refractivity contribution in [3.8, 4) is 0 Å². The Morgan fingerprint density at radius 3 is 2.54 bits per heavy atom. The van der Waals surface area contributed by atoms with Gasteiger partial charge in [0, 0.05) is 30.4 Å². The van der Waals surface area contributed by atoms with Crippen LogP contribution in [0.25, 0.3) is 0 Å². The van der Waals surface area contributed by atoms with Crippen molar-refractivity contribution in [2.45, 2.75) is 71.8 Å². The third-order valence-electron chi connectivity index (χ3n) is 6.18. The predicted molar refractivity (Wildman–Crippen MR) is 105 cm³/mol. The van der Waals surface area contributed by atoms with Gasteiger partial charge in [0.25, 0.3) is 0 Å². The summed E-state index contributed by atoms with van der Waals surface area (Å²) in [6.07, 6.45) is 7.66. The number of anilines is 1. The Kier molecular flexibility index (Phi) is 5.27. The first kappa shape index (κ1) is 18.2. The van der Waals surface area contributed by atoms with E-state index < -0.39 is 0 Å². The van der Waals surface area contributed by atoms with Gasteiger partial charge in [0.2, 0.25) is 0 Å². The molecule has 1 aliphatic carbocycles. The molecule has 3 nitrogen and oxygen atoms in total. The molecule has 0 radical (unpaired) electrons. The molecule has 1 saturated heterocycles. The zero-order valence-corrected chi connectivity index (χ0v) is 17.0. The van der Waals surface area contributed by atoms with Crippen LogP contribution in [0.2, 0.25) is 0 Å². The van der Waals surface area contributed by atoms with Gasteiger partial charge in [0.15, 0.2) is 0 Å². The van der Waals surface area contributed by atoms with Crippen molar-refractivity contribution >= 4 is 17.2 Å². The van der Waals surface area contributed by atoms with Crippen molar-refractivity contribution in [3.63, 3.8) is 0 Å². The largest absolute Gasteiger partial charge is 0.356 e. The van der Waals surface area contributed by atoms with E-state index in [4.69, 9.17) is 4.98 Å². The van der Waals surface area contributed by atoms with Gasteiger partial charge in [-0.2, -0.15) is 0 Å². The van der Waals surface area contributed by atoms with E-state index in [0.29, 0.717) is 11.0 Å². The minimum atomic E-state index is 0.319. The number of aromatic nitrogens is 1. The molecule has 4 heteroatoms. The second kappa shape index (κ2) is 6.95. The number of hydrogen-bond donors (Lipinski definition) is 1. The summed E-state index contributed by atoms with van der Waals surface area (Å²) < 4.78 is 0. The van der Waals surface area contributed by atoms with Crippen LogP contribution in [-0.2, 0) is 6.42 Å². The molecule has 24 heavy (non-hydrogen) atoms. The number of hydrogen-bond acceptors (Lipinski definition) is 4. The van der Waals surface area contributed by atoms with Crippen molar-refractivity contribution < 1.29 is 0 Å². The molecule has 0 atom stereocenters. The fraction of sp³-hybridized carbons (Fsp3) is 0.850. The summed E-state index contributed by atoms with van der Waals surface area (Å²) >= 11 is 1.86. The quantitative estimate of drug-likeness (QED) is 0.771. The highest BCUT2D eigenvalue weighted by Crippen LogP contribution is 2.45. The molecule has 2 aliphatic rings. The highest BCUT2D eigenvalue weighted by molar-refractivity contribution is 7.10. The van der Waals surface area contributed by atoms with Gasteiger partial charge in [-0.15, -0.1) is 11.3 Å². The fourth-order valence-electron chi connectivity index (χ4n) is 4.38. The van der Waals surface area contributed by atoms with Gasteiger partial charge in [0.05, 0.1) is 5.01 Å². The Balaban J connectivity index is 1.56. The monoisotopic (exact) mass is 349 g/mol. The number of thiazole rings is 1. The molecule has 0 unspecified atom stereocenters. The zero-order valence-electron chi connectivity index (χ0n) is 16.2. The lowest BCUT2D eigenvalue weighted by Gasteiger charge is -2.34. The van der Waals surface area contributed by atoms with E-state index in [1.54, 1.807) is 0 Å². The second-order valence-electron chi connectivity index (χ2n) is 9.22. The summed E-state index contributed by atoms with van der Waals surface area (Å²) in [7, 11) is 2.12. The fourth-order valence-corrected chi connectivity index (χ4v) is 5.44. The van der Waals surface area contributed by atoms with Crippen LogP contribution in [0.3, 0.4) is 0 Å². The Hall–Kier alpha value is -0.610. The smallest absolute Gasteiger partial charge is 0.139 e. The first-order chi connectivity index (χ1) is 11.3. The summed E-state index contributed by atoms with van der Waals surface area (Å²) in [5, 5.41) is 7.14. The molecule has 0 spiro atoms. The van der Waals surface area contributed by atoms with E-state index in [-0.39, 0.29) is 0 Å². The maximum absolute atomic E-state index is 4.99. The molecule has 3 rings (SSSR count). The second-order valence-corrected chi connectivity index (χ2v) is 10.2. The van der Waals surface area contributed by atoms with Crippen LogP contribution in [0.15, 0.2) is 5.38 Å². The molecule has 0 amide bonds. The molecule has 0 bridgehead atoms. The normalized spacial score (nSPS) is 21.5. The first-order valence-corrected chi connectivity index (χ1v) is 10.6. The van der Waals surface area contributed by atoms with E-state index in [9.17, 15) is 0 Å². The lowest BCUT2D eigenvalue weighted by atomic mass is 9.81. The third-order valence-corrected chi connectivity index (χ3v) is 7.01. The summed E-state index contributed by atoms with van der Waals surface area (Å²) in [4.78, 5) is 7.49. The predicted octanol–water partition coefficient (Wildman–Crippen LogP) is 4.73. The van der Waals surface area contributed by atoms with E-state index in [2.05, 4.69) is 50.3 Å². The van der Waals surface area contributed by atoms with Crippen LogP contribution in [0.1, 0.15) is 64.8 Å². The molecule has 1 saturated carbocycles. The maximum atomic E-state index is 4.99. The standard InChI is InChI=1S/C20H35N3S/c1-15(2)16-6-10-23(11-7-16)17-13-24-18(22-17)12-19(3,4)14-20(21-5)8-9-20/h13,15-16,21H,6-12,14H2,1-5H3. The topological polar surface area (TPSA) is 28.2 Å². The molecule has 136 valence electrons. The van der Waals surface area contributed by atoms with Crippen molar-refractivity contribution in [1.82, 2.24) is 10.3 Å². The van der Waals surface area contributed by atoms with Crippen LogP contribution in [0.4, 0.5) is 5.82 Å². The minimum Gasteiger partial charge on any atom is -0.356 e. The van der Waals surface area contributed by atoms with Crippen LogP contribution >= 0.6 is 11.3 Å². The molecular formula is C20H35N3S. The van der Waals surface area contributed by atoms with E-state index in [1.807, 2.05) is 11.3 Å². The molecule has 0 aromatic carbocycles. The number of nitrogens with one attached hydrogen (secondary N) is 1. The molecule has 1 aromatic heterocycles. The Morgan fingerprint density at radius 2 is 2.00 bits per heavy atom. The number of nitrogens with zero attached hydrogens (tertiary/aromatic N) is 2. The van der Waals surface area contributed by atoms with Crippen LogP contribution in [-0.4, -0.2) is 30.7 Å². The SMILES string of the molecule is CNC1(CC(C)(C)Cc2nc(N3CCC(C(C)C)CC3)cs2)CC1. The van der Waals surface area contributed by atoms with Crippen molar-refractivity contribution in [2.75, 3.05) is 25.0 Å². The van der Waals surface area contributed by atoms with Gasteiger partial charge in [-0.25, -0.2) is 4.98 Å². The average Bonchev–Trinajstić information content (AvgIpc) is 3.14. The maximum Gasteiger partial charge on any atom is 0.139 e. The van der Waals surface area contributed by atoms with Gasteiger partial charge < -0.3 is 10.2 Å². The van der Waals surface area contributed by atoms with Crippen molar-refractivity contribution in [3.05, 3.63) is 10.4 Å². The summed E-state index contributed by atoms with van der Waals surface area (Å²) in [5.74, 6) is 2.94. The zero-order chi connectivity index (χ0) is 17.4. The van der Waals surface area contributed by atoms with E-state index in [0.717, 1.165) is 18.3 Å². The Morgan fingerprint density at radius 1 is 1.33 bits per heavy atom. The van der Waals surface area contributed by atoms with Crippen LogP contribution in [0, 0.1) is 17.3 Å².